The van der Waals surface area contributed by atoms with Gasteiger partial charge in [0.25, 0.3) is 0 Å². The zero-order valence-electron chi connectivity index (χ0n) is 9.51. The molecule has 0 N–H and O–H groups in total. The summed E-state index contributed by atoms with van der Waals surface area (Å²) in [6.45, 7) is 6.43. The van der Waals surface area contributed by atoms with Gasteiger partial charge in [0.1, 0.15) is 0 Å². The summed E-state index contributed by atoms with van der Waals surface area (Å²) < 4.78 is 0. The first-order valence-corrected chi connectivity index (χ1v) is 5.91. The Morgan fingerprint density at radius 2 is 1.64 bits per heavy atom. The number of aryl methyl sites for hydroxylation is 3. The molecule has 0 spiro atoms. The predicted octanol–water partition coefficient (Wildman–Crippen LogP) is 3.35. The first-order valence-electron chi connectivity index (χ1n) is 4.69. The second-order valence-electron chi connectivity index (χ2n) is 3.51. The topological polar surface area (TPSA) is 12.4 Å². The highest BCUT2D eigenvalue weighted by Gasteiger charge is 2.08. The van der Waals surface area contributed by atoms with Crippen molar-refractivity contribution in [3.63, 3.8) is 0 Å². The molecule has 0 saturated heterocycles. The molecule has 0 saturated carbocycles. The maximum atomic E-state index is 4.31. The van der Waals surface area contributed by atoms with Crippen LogP contribution in [-0.2, 0) is 0 Å². The quantitative estimate of drug-likeness (QED) is 0.508. The molecule has 1 aromatic carbocycles. The maximum Gasteiger partial charge on any atom is 0.0976 e. The van der Waals surface area contributed by atoms with Crippen LogP contribution in [0.5, 0.6) is 0 Å². The third-order valence-electron chi connectivity index (χ3n) is 2.29. The van der Waals surface area contributed by atoms with Crippen molar-refractivity contribution in [2.24, 2.45) is 4.99 Å². The standard InChI is InChI=1S/C12H17NS/c1-8-6-9(2)11(10(3)7-8)12(13-4)14-5/h6-7H,1-5H3/b13-12-. The van der Waals surface area contributed by atoms with E-state index in [-0.39, 0.29) is 0 Å². The molecular formula is C12H17NS. The fourth-order valence-corrected chi connectivity index (χ4v) is 2.53. The molecule has 1 nitrogen and oxygen atoms in total. The first-order chi connectivity index (χ1) is 6.60. The second kappa shape index (κ2) is 4.65. The van der Waals surface area contributed by atoms with Gasteiger partial charge in [-0.1, -0.05) is 17.7 Å². The molecule has 0 aliphatic heterocycles. The lowest BCUT2D eigenvalue weighted by molar-refractivity contribution is 1.30. The average molecular weight is 207 g/mol. The van der Waals surface area contributed by atoms with Gasteiger partial charge >= 0.3 is 0 Å². The third-order valence-corrected chi connectivity index (χ3v) is 3.06. The Bertz CT molecular complexity index is 344. The van der Waals surface area contributed by atoms with Crippen molar-refractivity contribution in [3.05, 3.63) is 34.4 Å². The summed E-state index contributed by atoms with van der Waals surface area (Å²) in [5.41, 5.74) is 5.25. The zero-order chi connectivity index (χ0) is 10.7. The van der Waals surface area contributed by atoms with Gasteiger partial charge in [0.05, 0.1) is 5.04 Å². The van der Waals surface area contributed by atoms with Crippen molar-refractivity contribution in [1.29, 1.82) is 0 Å². The van der Waals surface area contributed by atoms with Crippen LogP contribution in [0.15, 0.2) is 17.1 Å². The minimum atomic E-state index is 1.12. The number of thioether (sulfide) groups is 1. The monoisotopic (exact) mass is 207 g/mol. The maximum absolute atomic E-state index is 4.31. The molecule has 76 valence electrons. The Labute approximate surface area is 90.6 Å². The molecule has 0 aliphatic rings. The van der Waals surface area contributed by atoms with Crippen LogP contribution in [-0.4, -0.2) is 18.3 Å². The molecule has 0 fully saturated rings. The van der Waals surface area contributed by atoms with Gasteiger partial charge in [-0.2, -0.15) is 0 Å². The number of aliphatic imine (C=N–C) groups is 1. The van der Waals surface area contributed by atoms with Gasteiger partial charge in [0, 0.05) is 12.6 Å². The summed E-state index contributed by atoms with van der Waals surface area (Å²) in [6.07, 6.45) is 2.07. The minimum Gasteiger partial charge on any atom is -0.281 e. The van der Waals surface area contributed by atoms with Gasteiger partial charge in [-0.05, 0) is 38.2 Å². The molecule has 0 aromatic heterocycles. The van der Waals surface area contributed by atoms with E-state index < -0.39 is 0 Å². The highest BCUT2D eigenvalue weighted by atomic mass is 32.2. The smallest absolute Gasteiger partial charge is 0.0976 e. The zero-order valence-corrected chi connectivity index (χ0v) is 10.3. The van der Waals surface area contributed by atoms with E-state index in [1.807, 2.05) is 7.05 Å². The normalized spacial score (nSPS) is 11.9. The summed E-state index contributed by atoms with van der Waals surface area (Å²) in [6, 6.07) is 4.42. The summed E-state index contributed by atoms with van der Waals surface area (Å²) in [5.74, 6) is 0. The molecule has 0 atom stereocenters. The third kappa shape index (κ3) is 2.18. The molecule has 14 heavy (non-hydrogen) atoms. The van der Waals surface area contributed by atoms with Crippen LogP contribution >= 0.6 is 11.8 Å². The van der Waals surface area contributed by atoms with Crippen LogP contribution in [0.1, 0.15) is 22.3 Å². The lowest BCUT2D eigenvalue weighted by Gasteiger charge is -2.11. The second-order valence-corrected chi connectivity index (χ2v) is 4.30. The number of hydrogen-bond donors (Lipinski definition) is 0. The molecule has 1 aromatic rings. The minimum absolute atomic E-state index is 1.12. The molecule has 2 heteroatoms. The van der Waals surface area contributed by atoms with E-state index in [4.69, 9.17) is 0 Å². The summed E-state index contributed by atoms with van der Waals surface area (Å²) in [7, 11) is 1.85. The van der Waals surface area contributed by atoms with Crippen molar-refractivity contribution in [2.45, 2.75) is 20.8 Å². The summed E-state index contributed by atoms with van der Waals surface area (Å²) >= 11 is 1.71. The molecular weight excluding hydrogens is 190 g/mol. The molecule has 0 heterocycles. The van der Waals surface area contributed by atoms with E-state index in [1.54, 1.807) is 11.8 Å². The van der Waals surface area contributed by atoms with Gasteiger partial charge in [-0.25, -0.2) is 0 Å². The van der Waals surface area contributed by atoms with Crippen LogP contribution in [0.4, 0.5) is 0 Å². The Hall–Kier alpha value is -0.760. The van der Waals surface area contributed by atoms with E-state index in [9.17, 15) is 0 Å². The van der Waals surface area contributed by atoms with Crippen LogP contribution in [0, 0.1) is 20.8 Å². The number of benzene rings is 1. The van der Waals surface area contributed by atoms with Crippen molar-refractivity contribution < 1.29 is 0 Å². The van der Waals surface area contributed by atoms with Crippen LogP contribution in [0.2, 0.25) is 0 Å². The lowest BCUT2D eigenvalue weighted by Crippen LogP contribution is -2.02. The SMILES string of the molecule is C/N=C(\SC)c1c(C)cc(C)cc1C. The molecule has 0 unspecified atom stereocenters. The lowest BCUT2D eigenvalue weighted by atomic mass is 10.0. The Morgan fingerprint density at radius 1 is 1.14 bits per heavy atom. The largest absolute Gasteiger partial charge is 0.281 e. The van der Waals surface area contributed by atoms with Crippen molar-refractivity contribution in [1.82, 2.24) is 0 Å². The van der Waals surface area contributed by atoms with Gasteiger partial charge in [-0.3, -0.25) is 4.99 Å². The van der Waals surface area contributed by atoms with Gasteiger partial charge < -0.3 is 0 Å². The van der Waals surface area contributed by atoms with Crippen LogP contribution in [0.3, 0.4) is 0 Å². The molecule has 0 bridgehead atoms. The van der Waals surface area contributed by atoms with Crippen molar-refractivity contribution >= 4 is 16.8 Å². The van der Waals surface area contributed by atoms with Gasteiger partial charge in [0.2, 0.25) is 0 Å². The number of hydrogen-bond acceptors (Lipinski definition) is 2. The molecule has 0 amide bonds. The predicted molar refractivity (Wildman–Crippen MR) is 66.6 cm³/mol. The Morgan fingerprint density at radius 3 is 2.00 bits per heavy atom. The Balaban J connectivity index is 3.34. The van der Waals surface area contributed by atoms with E-state index in [0.717, 1.165) is 5.04 Å². The fraction of sp³-hybridized carbons (Fsp3) is 0.417. The highest BCUT2D eigenvalue weighted by Crippen LogP contribution is 2.21. The summed E-state index contributed by atoms with van der Waals surface area (Å²) in [4.78, 5) is 4.31. The molecule has 1 rings (SSSR count). The highest BCUT2D eigenvalue weighted by molar-refractivity contribution is 8.13. The van der Waals surface area contributed by atoms with Crippen molar-refractivity contribution in [2.75, 3.05) is 13.3 Å². The fourth-order valence-electron chi connectivity index (χ4n) is 1.82. The van der Waals surface area contributed by atoms with Crippen molar-refractivity contribution in [3.8, 4) is 0 Å². The van der Waals surface area contributed by atoms with Gasteiger partial charge in [0.15, 0.2) is 0 Å². The number of nitrogens with zero attached hydrogens (tertiary/aromatic N) is 1. The molecule has 0 aliphatic carbocycles. The average Bonchev–Trinajstić information content (AvgIpc) is 2.10. The van der Waals surface area contributed by atoms with Crippen LogP contribution < -0.4 is 0 Å². The number of rotatable bonds is 1. The van der Waals surface area contributed by atoms with E-state index in [1.165, 1.54) is 22.3 Å². The van der Waals surface area contributed by atoms with E-state index >= 15 is 0 Å². The molecule has 0 radical (unpaired) electrons. The summed E-state index contributed by atoms with van der Waals surface area (Å²) in [5, 5.41) is 1.12. The Kier molecular flexibility index (Phi) is 3.76. The van der Waals surface area contributed by atoms with Crippen LogP contribution in [0.25, 0.3) is 0 Å². The first kappa shape index (κ1) is 11.3. The van der Waals surface area contributed by atoms with E-state index in [0.29, 0.717) is 0 Å². The van der Waals surface area contributed by atoms with E-state index in [2.05, 4.69) is 44.2 Å². The van der Waals surface area contributed by atoms with Gasteiger partial charge in [-0.15, -0.1) is 11.8 Å².